The van der Waals surface area contributed by atoms with E-state index in [0.29, 0.717) is 12.0 Å². The van der Waals surface area contributed by atoms with Crippen molar-refractivity contribution in [3.63, 3.8) is 0 Å². The lowest BCUT2D eigenvalue weighted by atomic mass is 10.0. The maximum atomic E-state index is 11.7. The van der Waals surface area contributed by atoms with Gasteiger partial charge in [-0.3, -0.25) is 10.1 Å². The molecule has 1 amide bonds. The molecule has 2 N–H and O–H groups in total. The molecule has 1 heterocycles. The Morgan fingerprint density at radius 2 is 2.20 bits per heavy atom. The van der Waals surface area contributed by atoms with E-state index in [4.69, 9.17) is 0 Å². The molecule has 1 aliphatic heterocycles. The summed E-state index contributed by atoms with van der Waals surface area (Å²) in [6.07, 6.45) is 2.25. The van der Waals surface area contributed by atoms with Crippen LogP contribution in [0, 0.1) is 5.92 Å². The molecule has 1 rings (SSSR count). The van der Waals surface area contributed by atoms with Crippen molar-refractivity contribution in [2.75, 3.05) is 11.6 Å². The van der Waals surface area contributed by atoms with Crippen LogP contribution >= 0.6 is 11.8 Å². The Labute approximate surface area is 96.8 Å². The van der Waals surface area contributed by atoms with Gasteiger partial charge in [0, 0.05) is 17.7 Å². The first-order valence-corrected chi connectivity index (χ1v) is 6.86. The van der Waals surface area contributed by atoms with Crippen LogP contribution in [0.25, 0.3) is 0 Å². The number of nitrogens with one attached hydrogen (secondary N) is 2. The molecule has 0 aromatic carbocycles. The highest BCUT2D eigenvalue weighted by atomic mass is 32.2. The molecule has 1 saturated heterocycles. The molecular weight excluding hydrogens is 208 g/mol. The average Bonchev–Trinajstić information content (AvgIpc) is 2.67. The number of carbonyl (C=O) groups is 1. The third-order valence-electron chi connectivity index (χ3n) is 2.60. The molecule has 3 nitrogen and oxygen atoms in total. The quantitative estimate of drug-likeness (QED) is 0.753. The van der Waals surface area contributed by atoms with E-state index in [1.807, 2.05) is 0 Å². The summed E-state index contributed by atoms with van der Waals surface area (Å²) < 4.78 is 0. The summed E-state index contributed by atoms with van der Waals surface area (Å²) in [7, 11) is 0. The maximum Gasteiger partial charge on any atom is 0.238 e. The topological polar surface area (TPSA) is 41.1 Å². The van der Waals surface area contributed by atoms with E-state index in [9.17, 15) is 4.79 Å². The minimum Gasteiger partial charge on any atom is -0.352 e. The van der Waals surface area contributed by atoms with Gasteiger partial charge in [-0.15, -0.1) is 11.8 Å². The Hall–Kier alpha value is -0.220. The van der Waals surface area contributed by atoms with Gasteiger partial charge in [-0.2, -0.15) is 0 Å². The number of thioether (sulfide) groups is 1. The molecule has 0 aromatic heterocycles. The smallest absolute Gasteiger partial charge is 0.238 e. The third-order valence-corrected chi connectivity index (χ3v) is 3.54. The molecule has 0 bridgehead atoms. The van der Waals surface area contributed by atoms with Crippen LogP contribution in [-0.2, 0) is 4.79 Å². The molecule has 2 unspecified atom stereocenters. The van der Waals surface area contributed by atoms with Crippen molar-refractivity contribution in [2.45, 2.75) is 45.7 Å². The van der Waals surface area contributed by atoms with Gasteiger partial charge >= 0.3 is 0 Å². The molecule has 4 heteroatoms. The zero-order valence-electron chi connectivity index (χ0n) is 9.88. The summed E-state index contributed by atoms with van der Waals surface area (Å²) in [6, 6.07) is 0.323. The van der Waals surface area contributed by atoms with Crippen molar-refractivity contribution in [2.24, 2.45) is 5.92 Å². The summed E-state index contributed by atoms with van der Waals surface area (Å²) >= 11 is 1.78. The number of hydrogen-bond acceptors (Lipinski definition) is 3. The van der Waals surface area contributed by atoms with E-state index in [2.05, 4.69) is 31.4 Å². The molecule has 1 aliphatic rings. The first kappa shape index (κ1) is 12.8. The van der Waals surface area contributed by atoms with Crippen molar-refractivity contribution in [3.8, 4) is 0 Å². The third kappa shape index (κ3) is 4.89. The predicted octanol–water partition coefficient (Wildman–Crippen LogP) is 1.59. The van der Waals surface area contributed by atoms with Crippen LogP contribution in [0.4, 0.5) is 0 Å². The van der Waals surface area contributed by atoms with Crippen LogP contribution in [0.3, 0.4) is 0 Å². The summed E-state index contributed by atoms with van der Waals surface area (Å²) in [6.45, 7) is 6.51. The minimum atomic E-state index is 0.0245. The van der Waals surface area contributed by atoms with E-state index in [1.54, 1.807) is 11.8 Å². The van der Waals surface area contributed by atoms with Gasteiger partial charge in [-0.05, 0) is 25.7 Å². The molecule has 0 aromatic rings. The zero-order valence-corrected chi connectivity index (χ0v) is 10.7. The minimum absolute atomic E-state index is 0.0245. The predicted molar refractivity (Wildman–Crippen MR) is 65.9 cm³/mol. The Bertz CT molecular complexity index is 203. The van der Waals surface area contributed by atoms with Crippen molar-refractivity contribution in [1.82, 2.24) is 10.6 Å². The fraction of sp³-hybridized carbons (Fsp3) is 0.909. The lowest BCUT2D eigenvalue weighted by molar-refractivity contribution is -0.123. The van der Waals surface area contributed by atoms with Gasteiger partial charge < -0.3 is 5.32 Å². The van der Waals surface area contributed by atoms with Crippen LogP contribution in [0.1, 0.15) is 33.6 Å². The van der Waals surface area contributed by atoms with Crippen LogP contribution in [0.15, 0.2) is 0 Å². The van der Waals surface area contributed by atoms with Crippen LogP contribution in [-0.4, -0.2) is 29.6 Å². The van der Waals surface area contributed by atoms with E-state index in [-0.39, 0.29) is 11.9 Å². The van der Waals surface area contributed by atoms with Gasteiger partial charge in [0.1, 0.15) is 0 Å². The fourth-order valence-electron chi connectivity index (χ4n) is 1.56. The van der Waals surface area contributed by atoms with Crippen LogP contribution in [0.2, 0.25) is 0 Å². The Kier molecular flexibility index (Phi) is 5.47. The highest BCUT2D eigenvalue weighted by Gasteiger charge is 2.23. The number of amides is 1. The second-order valence-electron chi connectivity index (χ2n) is 4.65. The lowest BCUT2D eigenvalue weighted by Crippen LogP contribution is -2.45. The Morgan fingerprint density at radius 1 is 1.47 bits per heavy atom. The first-order chi connectivity index (χ1) is 7.09. The molecule has 0 radical (unpaired) electrons. The summed E-state index contributed by atoms with van der Waals surface area (Å²) in [4.78, 5) is 11.7. The molecule has 0 spiro atoms. The standard InChI is InChI=1S/C11H22N2OS/c1-8(2)4-5-9(3)13-11(14)10-6-15-7-12-10/h8-10,12H,4-7H2,1-3H3,(H,13,14). The summed E-state index contributed by atoms with van der Waals surface area (Å²) in [5, 5.41) is 6.24. The van der Waals surface area contributed by atoms with Gasteiger partial charge in [0.25, 0.3) is 0 Å². The highest BCUT2D eigenvalue weighted by molar-refractivity contribution is 7.99. The fourth-order valence-corrected chi connectivity index (χ4v) is 2.50. The van der Waals surface area contributed by atoms with Crippen molar-refractivity contribution in [3.05, 3.63) is 0 Å². The van der Waals surface area contributed by atoms with Gasteiger partial charge in [-0.25, -0.2) is 0 Å². The van der Waals surface area contributed by atoms with Crippen LogP contribution in [0.5, 0.6) is 0 Å². The summed E-state index contributed by atoms with van der Waals surface area (Å²) in [5.74, 6) is 2.68. The van der Waals surface area contributed by atoms with E-state index >= 15 is 0 Å². The Balaban J connectivity index is 2.18. The van der Waals surface area contributed by atoms with Gasteiger partial charge in [0.15, 0.2) is 0 Å². The van der Waals surface area contributed by atoms with Crippen molar-refractivity contribution < 1.29 is 4.79 Å². The molecule has 2 atom stereocenters. The van der Waals surface area contributed by atoms with E-state index in [1.165, 1.54) is 6.42 Å². The second-order valence-corrected chi connectivity index (χ2v) is 5.68. The Morgan fingerprint density at radius 3 is 2.73 bits per heavy atom. The number of hydrogen-bond donors (Lipinski definition) is 2. The molecule has 15 heavy (non-hydrogen) atoms. The van der Waals surface area contributed by atoms with E-state index in [0.717, 1.165) is 18.1 Å². The molecule has 1 fully saturated rings. The maximum absolute atomic E-state index is 11.7. The number of rotatable bonds is 5. The van der Waals surface area contributed by atoms with Gasteiger partial charge in [0.05, 0.1) is 6.04 Å². The normalized spacial score (nSPS) is 23.1. The second kappa shape index (κ2) is 6.38. The molecule has 0 aliphatic carbocycles. The lowest BCUT2D eigenvalue weighted by Gasteiger charge is -2.17. The van der Waals surface area contributed by atoms with Crippen molar-refractivity contribution >= 4 is 17.7 Å². The SMILES string of the molecule is CC(C)CCC(C)NC(=O)C1CSCN1. The van der Waals surface area contributed by atoms with Crippen molar-refractivity contribution in [1.29, 1.82) is 0 Å². The number of carbonyl (C=O) groups excluding carboxylic acids is 1. The largest absolute Gasteiger partial charge is 0.352 e. The van der Waals surface area contributed by atoms with E-state index < -0.39 is 0 Å². The zero-order chi connectivity index (χ0) is 11.3. The van der Waals surface area contributed by atoms with Crippen LogP contribution < -0.4 is 10.6 Å². The highest BCUT2D eigenvalue weighted by Crippen LogP contribution is 2.11. The van der Waals surface area contributed by atoms with Gasteiger partial charge in [0.2, 0.25) is 5.91 Å². The monoisotopic (exact) mass is 230 g/mol. The molecule has 0 saturated carbocycles. The average molecular weight is 230 g/mol. The van der Waals surface area contributed by atoms with Gasteiger partial charge in [-0.1, -0.05) is 13.8 Å². The molecular formula is C11H22N2OS. The first-order valence-electron chi connectivity index (χ1n) is 5.71. The summed E-state index contributed by atoms with van der Waals surface area (Å²) in [5.41, 5.74) is 0. The molecule has 88 valence electrons.